The van der Waals surface area contributed by atoms with Gasteiger partial charge in [0.05, 0.1) is 7.11 Å². The molecule has 0 bridgehead atoms. The normalized spacial score (nSPS) is 10.1. The molecule has 0 N–H and O–H groups in total. The average molecular weight is 263 g/mol. The number of carbonyl (C=O) groups excluding carboxylic acids is 2. The Kier molecular flexibility index (Phi) is 6.06. The van der Waals surface area contributed by atoms with E-state index in [0.29, 0.717) is 6.54 Å². The lowest BCUT2D eigenvalue weighted by Crippen LogP contribution is -2.30. The van der Waals surface area contributed by atoms with Crippen LogP contribution in [0.2, 0.25) is 0 Å². The Hall–Kier alpha value is -1.84. The van der Waals surface area contributed by atoms with Crippen LogP contribution in [0.4, 0.5) is 0 Å². The van der Waals surface area contributed by atoms with Gasteiger partial charge in [0.15, 0.2) is 0 Å². The van der Waals surface area contributed by atoms with Gasteiger partial charge in [-0.25, -0.2) is 0 Å². The molecule has 1 rings (SSSR count). The van der Waals surface area contributed by atoms with Crippen molar-refractivity contribution in [3.05, 3.63) is 35.4 Å². The summed E-state index contributed by atoms with van der Waals surface area (Å²) >= 11 is 0. The Morgan fingerprint density at radius 3 is 2.26 bits per heavy atom. The van der Waals surface area contributed by atoms with E-state index in [4.69, 9.17) is 0 Å². The highest BCUT2D eigenvalue weighted by Gasteiger charge is 2.13. The first-order valence-corrected chi connectivity index (χ1v) is 6.45. The molecule has 0 aliphatic rings. The fourth-order valence-electron chi connectivity index (χ4n) is 1.69. The van der Waals surface area contributed by atoms with Gasteiger partial charge >= 0.3 is 5.97 Å². The van der Waals surface area contributed by atoms with Crippen LogP contribution in [0.3, 0.4) is 0 Å². The summed E-state index contributed by atoms with van der Waals surface area (Å²) in [6.07, 6.45) is 1.62. The Morgan fingerprint density at radius 1 is 1.16 bits per heavy atom. The SMILES string of the molecule is CCc1ccc(CCN(C)C(=O)CC(=O)OC)cc1. The molecule has 0 saturated heterocycles. The number of ether oxygens (including phenoxy) is 1. The minimum Gasteiger partial charge on any atom is -0.469 e. The van der Waals surface area contributed by atoms with E-state index in [9.17, 15) is 9.59 Å². The number of esters is 1. The number of carbonyl (C=O) groups is 2. The van der Waals surface area contributed by atoms with E-state index in [1.165, 1.54) is 18.2 Å². The van der Waals surface area contributed by atoms with Crippen LogP contribution in [0.25, 0.3) is 0 Å². The summed E-state index contributed by atoms with van der Waals surface area (Å²) in [6.45, 7) is 2.72. The quantitative estimate of drug-likeness (QED) is 0.581. The molecule has 0 aliphatic carbocycles. The molecule has 0 saturated carbocycles. The highest BCUT2D eigenvalue weighted by Crippen LogP contribution is 2.06. The molecule has 0 atom stereocenters. The van der Waals surface area contributed by atoms with E-state index in [0.717, 1.165) is 12.8 Å². The standard InChI is InChI=1S/C15H21NO3/c1-4-12-5-7-13(8-6-12)9-10-16(2)14(17)11-15(18)19-3/h5-8H,4,9-11H2,1-3H3. The Balaban J connectivity index is 2.42. The molecule has 1 aromatic rings. The van der Waals surface area contributed by atoms with Crippen molar-refractivity contribution in [3.63, 3.8) is 0 Å². The third-order valence-corrected chi connectivity index (χ3v) is 3.12. The molecular weight excluding hydrogens is 242 g/mol. The summed E-state index contributed by atoms with van der Waals surface area (Å²) in [5.41, 5.74) is 2.49. The van der Waals surface area contributed by atoms with Gasteiger partial charge in [-0.2, -0.15) is 0 Å². The summed E-state index contributed by atoms with van der Waals surface area (Å²) < 4.78 is 4.47. The van der Waals surface area contributed by atoms with Crippen molar-refractivity contribution < 1.29 is 14.3 Å². The molecule has 0 fully saturated rings. The zero-order valence-electron chi connectivity index (χ0n) is 11.8. The van der Waals surface area contributed by atoms with E-state index < -0.39 is 5.97 Å². The fourth-order valence-corrected chi connectivity index (χ4v) is 1.69. The summed E-state index contributed by atoms with van der Waals surface area (Å²) in [5, 5.41) is 0. The number of hydrogen-bond acceptors (Lipinski definition) is 3. The molecule has 1 amide bonds. The second kappa shape index (κ2) is 7.56. The maximum atomic E-state index is 11.7. The van der Waals surface area contributed by atoms with Crippen LogP contribution in [0.1, 0.15) is 24.5 Å². The first kappa shape index (κ1) is 15.2. The molecule has 19 heavy (non-hydrogen) atoms. The van der Waals surface area contributed by atoms with Gasteiger partial charge < -0.3 is 9.64 Å². The van der Waals surface area contributed by atoms with Crippen LogP contribution < -0.4 is 0 Å². The maximum absolute atomic E-state index is 11.7. The molecule has 1 aromatic carbocycles. The van der Waals surface area contributed by atoms with Crippen LogP contribution in [0.15, 0.2) is 24.3 Å². The summed E-state index contributed by atoms with van der Waals surface area (Å²) in [6, 6.07) is 8.37. The average Bonchev–Trinajstić information content (AvgIpc) is 2.44. The molecule has 0 radical (unpaired) electrons. The van der Waals surface area contributed by atoms with E-state index in [1.807, 2.05) is 0 Å². The third kappa shape index (κ3) is 5.12. The number of rotatable bonds is 6. The minimum atomic E-state index is -0.496. The zero-order chi connectivity index (χ0) is 14.3. The molecule has 4 heteroatoms. The van der Waals surface area contributed by atoms with Crippen molar-refractivity contribution in [2.45, 2.75) is 26.2 Å². The van der Waals surface area contributed by atoms with Crippen molar-refractivity contribution in [1.29, 1.82) is 0 Å². The van der Waals surface area contributed by atoms with Crippen molar-refractivity contribution >= 4 is 11.9 Å². The number of methoxy groups -OCH3 is 1. The predicted molar refractivity (Wildman–Crippen MR) is 73.8 cm³/mol. The minimum absolute atomic E-state index is 0.193. The highest BCUT2D eigenvalue weighted by molar-refractivity contribution is 5.94. The smallest absolute Gasteiger partial charge is 0.315 e. The summed E-state index contributed by atoms with van der Waals surface area (Å²) in [5.74, 6) is -0.707. The van der Waals surface area contributed by atoms with Gasteiger partial charge in [-0.3, -0.25) is 9.59 Å². The van der Waals surface area contributed by atoms with Crippen LogP contribution in [0, 0.1) is 0 Å². The second-order valence-corrected chi connectivity index (χ2v) is 4.49. The lowest BCUT2D eigenvalue weighted by molar-refractivity contribution is -0.146. The van der Waals surface area contributed by atoms with Crippen LogP contribution in [-0.2, 0) is 27.2 Å². The van der Waals surface area contributed by atoms with E-state index in [2.05, 4.69) is 35.9 Å². The van der Waals surface area contributed by atoms with Crippen molar-refractivity contribution in [2.24, 2.45) is 0 Å². The van der Waals surface area contributed by atoms with Crippen LogP contribution >= 0.6 is 0 Å². The third-order valence-electron chi connectivity index (χ3n) is 3.12. The van der Waals surface area contributed by atoms with Crippen LogP contribution in [0.5, 0.6) is 0 Å². The van der Waals surface area contributed by atoms with Gasteiger partial charge in [-0.1, -0.05) is 31.2 Å². The van der Waals surface area contributed by atoms with Gasteiger partial charge in [0, 0.05) is 13.6 Å². The van der Waals surface area contributed by atoms with Crippen molar-refractivity contribution in [3.8, 4) is 0 Å². The van der Waals surface area contributed by atoms with Gasteiger partial charge in [0.25, 0.3) is 0 Å². The Labute approximate surface area is 114 Å². The van der Waals surface area contributed by atoms with Crippen molar-refractivity contribution in [1.82, 2.24) is 4.90 Å². The molecule has 104 valence electrons. The summed E-state index contributed by atoms with van der Waals surface area (Å²) in [4.78, 5) is 24.2. The van der Waals surface area contributed by atoms with Gasteiger partial charge in [0.2, 0.25) is 5.91 Å². The number of amides is 1. The molecule has 0 aromatic heterocycles. The second-order valence-electron chi connectivity index (χ2n) is 4.49. The Bertz CT molecular complexity index is 426. The largest absolute Gasteiger partial charge is 0.469 e. The zero-order valence-corrected chi connectivity index (χ0v) is 11.8. The molecular formula is C15H21NO3. The lowest BCUT2D eigenvalue weighted by atomic mass is 10.1. The molecule has 0 spiro atoms. The first-order chi connectivity index (χ1) is 9.06. The predicted octanol–water partition coefficient (Wildman–Crippen LogP) is 1.81. The maximum Gasteiger partial charge on any atom is 0.315 e. The molecule has 0 unspecified atom stereocenters. The number of hydrogen-bond donors (Lipinski definition) is 0. The number of aryl methyl sites for hydroxylation is 1. The van der Waals surface area contributed by atoms with E-state index in [1.54, 1.807) is 11.9 Å². The van der Waals surface area contributed by atoms with Crippen molar-refractivity contribution in [2.75, 3.05) is 20.7 Å². The van der Waals surface area contributed by atoms with Gasteiger partial charge in [-0.05, 0) is 24.0 Å². The molecule has 0 aliphatic heterocycles. The van der Waals surface area contributed by atoms with E-state index >= 15 is 0 Å². The fraction of sp³-hybridized carbons (Fsp3) is 0.467. The molecule has 4 nitrogen and oxygen atoms in total. The molecule has 0 heterocycles. The number of likely N-dealkylation sites (N-methyl/N-ethyl adjacent to an activating group) is 1. The highest BCUT2D eigenvalue weighted by atomic mass is 16.5. The first-order valence-electron chi connectivity index (χ1n) is 6.45. The van der Waals surface area contributed by atoms with Gasteiger partial charge in [-0.15, -0.1) is 0 Å². The van der Waals surface area contributed by atoms with E-state index in [-0.39, 0.29) is 12.3 Å². The lowest BCUT2D eigenvalue weighted by Gasteiger charge is -2.16. The Morgan fingerprint density at radius 2 is 1.74 bits per heavy atom. The number of benzene rings is 1. The van der Waals surface area contributed by atoms with Gasteiger partial charge in [0.1, 0.15) is 6.42 Å². The topological polar surface area (TPSA) is 46.6 Å². The monoisotopic (exact) mass is 263 g/mol. The van der Waals surface area contributed by atoms with Crippen LogP contribution in [-0.4, -0.2) is 37.5 Å². The summed E-state index contributed by atoms with van der Waals surface area (Å²) in [7, 11) is 2.98. The number of nitrogens with zero attached hydrogens (tertiary/aromatic N) is 1.